The molecule has 0 N–H and O–H groups in total. The van der Waals surface area contributed by atoms with E-state index in [4.69, 9.17) is 9.40 Å². The maximum atomic E-state index is 6.40. The van der Waals surface area contributed by atoms with Gasteiger partial charge in [0, 0.05) is 56.4 Å². The van der Waals surface area contributed by atoms with Gasteiger partial charge in [-0.15, -0.1) is 0 Å². The molecule has 12 aromatic rings. The maximum Gasteiger partial charge on any atom is 0.220 e. The van der Waals surface area contributed by atoms with E-state index < -0.39 is 0 Å². The van der Waals surface area contributed by atoms with Crippen LogP contribution in [-0.4, -0.2) is 18.5 Å². The molecule has 1 aliphatic carbocycles. The molecule has 1 atom stereocenters. The van der Waals surface area contributed by atoms with Crippen LogP contribution < -0.4 is 0 Å². The fraction of sp³-hybridized carbons (Fsp3) is 0.0377. The molecule has 1 aliphatic rings. The van der Waals surface area contributed by atoms with E-state index in [1.54, 1.807) is 0 Å². The van der Waals surface area contributed by atoms with Crippen LogP contribution in [0.15, 0.2) is 192 Å². The summed E-state index contributed by atoms with van der Waals surface area (Å²) >= 11 is 0. The number of furan rings is 1. The predicted octanol–water partition coefficient (Wildman–Crippen LogP) is 13.3. The first-order chi connectivity index (χ1) is 28.8. The molecule has 8 aromatic carbocycles. The molecule has 0 saturated carbocycles. The molecule has 0 spiro atoms. The number of fused-ring (bicyclic) bond motifs is 13. The third kappa shape index (κ3) is 4.38. The highest BCUT2D eigenvalue weighted by atomic mass is 16.3. The van der Waals surface area contributed by atoms with Gasteiger partial charge in [-0.3, -0.25) is 8.97 Å². The van der Waals surface area contributed by atoms with E-state index in [-0.39, 0.29) is 5.92 Å². The summed E-state index contributed by atoms with van der Waals surface area (Å²) < 4.78 is 13.5. The Kier molecular flexibility index (Phi) is 6.50. The van der Waals surface area contributed by atoms with Crippen molar-refractivity contribution >= 4 is 60.6 Å². The minimum absolute atomic E-state index is 0.161. The summed E-state index contributed by atoms with van der Waals surface area (Å²) in [5, 5.41) is 4.79. The highest BCUT2D eigenvalue weighted by Crippen LogP contribution is 2.46. The standard InChI is InChI=1S/C53H34N4O/c1-2-13-35(14-3-1)56-47-22-9-10-23-48(47)57-49-32-43(38-15-4-5-18-41(38)51(49)54-53(56)57)34-27-30-46-44(31-34)39-16-6-8-21-45(39)55(46)36-28-25-33(26-29-36)37-19-12-20-42-40-17-7-11-24-50(40)58-52(37)42/h1-31,43H,32H2. The van der Waals surface area contributed by atoms with Crippen molar-refractivity contribution < 1.29 is 4.42 Å². The molecule has 0 bridgehead atoms. The van der Waals surface area contributed by atoms with Crippen LogP contribution in [0.4, 0.5) is 0 Å². The van der Waals surface area contributed by atoms with Gasteiger partial charge in [0.05, 0.1) is 33.5 Å². The molecule has 272 valence electrons. The lowest BCUT2D eigenvalue weighted by Gasteiger charge is -2.26. The van der Waals surface area contributed by atoms with E-state index in [1.807, 2.05) is 12.1 Å². The molecule has 1 unspecified atom stereocenters. The van der Waals surface area contributed by atoms with Gasteiger partial charge in [-0.1, -0.05) is 127 Å². The van der Waals surface area contributed by atoms with Crippen LogP contribution in [0.25, 0.3) is 94.3 Å². The molecule has 4 aromatic heterocycles. The van der Waals surface area contributed by atoms with E-state index in [0.29, 0.717) is 0 Å². The van der Waals surface area contributed by atoms with Gasteiger partial charge in [-0.2, -0.15) is 0 Å². The van der Waals surface area contributed by atoms with Crippen LogP contribution >= 0.6 is 0 Å². The van der Waals surface area contributed by atoms with Crippen LogP contribution in [0.3, 0.4) is 0 Å². The predicted molar refractivity (Wildman–Crippen MR) is 237 cm³/mol. The number of hydrogen-bond donors (Lipinski definition) is 0. The topological polar surface area (TPSA) is 40.3 Å². The van der Waals surface area contributed by atoms with Crippen LogP contribution in [0, 0.1) is 0 Å². The minimum atomic E-state index is 0.161. The summed E-state index contributed by atoms with van der Waals surface area (Å²) in [4.78, 5) is 5.43. The Labute approximate surface area is 333 Å². The first-order valence-corrected chi connectivity index (χ1v) is 20.0. The summed E-state index contributed by atoms with van der Waals surface area (Å²) in [6.45, 7) is 0. The molecule has 5 heteroatoms. The van der Waals surface area contributed by atoms with Gasteiger partial charge < -0.3 is 8.98 Å². The highest BCUT2D eigenvalue weighted by molar-refractivity contribution is 6.11. The fourth-order valence-corrected chi connectivity index (χ4v) is 9.90. The minimum Gasteiger partial charge on any atom is -0.455 e. The molecule has 5 nitrogen and oxygen atoms in total. The Morgan fingerprint density at radius 1 is 0.483 bits per heavy atom. The average Bonchev–Trinajstić information content (AvgIpc) is 4.04. The van der Waals surface area contributed by atoms with Crippen LogP contribution in [-0.2, 0) is 6.42 Å². The van der Waals surface area contributed by atoms with Crippen molar-refractivity contribution in [2.24, 2.45) is 0 Å². The summed E-state index contributed by atoms with van der Waals surface area (Å²) in [5.41, 5.74) is 17.2. The Bertz CT molecular complexity index is 3600. The third-order valence-corrected chi connectivity index (χ3v) is 12.5. The quantitative estimate of drug-likeness (QED) is 0.180. The van der Waals surface area contributed by atoms with Gasteiger partial charge in [-0.05, 0) is 77.4 Å². The molecule has 0 aliphatic heterocycles. The first kappa shape index (κ1) is 31.6. The molecular formula is C53H34N4O. The van der Waals surface area contributed by atoms with Gasteiger partial charge in [0.2, 0.25) is 5.78 Å². The van der Waals surface area contributed by atoms with Crippen molar-refractivity contribution in [2.75, 3.05) is 0 Å². The lowest BCUT2D eigenvalue weighted by molar-refractivity contribution is 0.670. The first-order valence-electron chi connectivity index (χ1n) is 20.0. The van der Waals surface area contributed by atoms with Gasteiger partial charge in [0.1, 0.15) is 11.2 Å². The van der Waals surface area contributed by atoms with Gasteiger partial charge in [0.15, 0.2) is 0 Å². The summed E-state index contributed by atoms with van der Waals surface area (Å²) in [5.74, 6) is 1.11. The van der Waals surface area contributed by atoms with E-state index >= 15 is 0 Å². The molecule has 0 saturated heterocycles. The smallest absolute Gasteiger partial charge is 0.220 e. The zero-order valence-corrected chi connectivity index (χ0v) is 31.4. The molecule has 0 fully saturated rings. The second-order valence-electron chi connectivity index (χ2n) is 15.5. The average molecular weight is 743 g/mol. The highest BCUT2D eigenvalue weighted by Gasteiger charge is 2.32. The van der Waals surface area contributed by atoms with Crippen molar-refractivity contribution in [3.05, 3.63) is 205 Å². The third-order valence-electron chi connectivity index (χ3n) is 12.5. The Balaban J connectivity index is 0.946. The number of para-hydroxylation sites is 6. The summed E-state index contributed by atoms with van der Waals surface area (Å²) in [6.07, 6.45) is 0.847. The maximum absolute atomic E-state index is 6.40. The normalized spacial score (nSPS) is 14.0. The SMILES string of the molecule is c1ccc(-n2c3ccccc3n3c4c(nc23)-c2ccccc2C(c2ccc3c(c2)c2ccccc2n3-c2ccc(-c3cccc5c3oc3ccccc35)cc2)C4)cc1. The van der Waals surface area contributed by atoms with Crippen LogP contribution in [0.5, 0.6) is 0 Å². The number of imidazole rings is 2. The molecule has 0 radical (unpaired) electrons. The molecule has 58 heavy (non-hydrogen) atoms. The Morgan fingerprint density at radius 3 is 2.03 bits per heavy atom. The fourth-order valence-electron chi connectivity index (χ4n) is 9.90. The van der Waals surface area contributed by atoms with E-state index in [1.165, 1.54) is 49.7 Å². The second-order valence-corrected chi connectivity index (χ2v) is 15.5. The van der Waals surface area contributed by atoms with E-state index in [2.05, 4.69) is 189 Å². The van der Waals surface area contributed by atoms with Crippen molar-refractivity contribution in [3.63, 3.8) is 0 Å². The number of benzene rings is 8. The van der Waals surface area contributed by atoms with E-state index in [9.17, 15) is 0 Å². The summed E-state index contributed by atoms with van der Waals surface area (Å²) in [7, 11) is 0. The number of aromatic nitrogens is 4. The van der Waals surface area contributed by atoms with Crippen LogP contribution in [0.1, 0.15) is 22.7 Å². The monoisotopic (exact) mass is 742 g/mol. The van der Waals surface area contributed by atoms with Gasteiger partial charge >= 0.3 is 0 Å². The van der Waals surface area contributed by atoms with Gasteiger partial charge in [0.25, 0.3) is 0 Å². The number of rotatable bonds is 4. The van der Waals surface area contributed by atoms with Crippen molar-refractivity contribution in [1.82, 2.24) is 18.5 Å². The molecule has 0 amide bonds. The number of nitrogens with zero attached hydrogens (tertiary/aromatic N) is 4. The summed E-state index contributed by atoms with van der Waals surface area (Å²) in [6, 6.07) is 67.8. The number of hydrogen-bond acceptors (Lipinski definition) is 2. The lowest BCUT2D eigenvalue weighted by atomic mass is 9.79. The van der Waals surface area contributed by atoms with Gasteiger partial charge in [-0.25, -0.2) is 4.98 Å². The molecular weight excluding hydrogens is 709 g/mol. The second kappa shape index (κ2) is 11.9. The van der Waals surface area contributed by atoms with Crippen LogP contribution in [0.2, 0.25) is 0 Å². The van der Waals surface area contributed by atoms with Crippen molar-refractivity contribution in [3.8, 4) is 33.8 Å². The van der Waals surface area contributed by atoms with E-state index in [0.717, 1.165) is 67.8 Å². The lowest BCUT2D eigenvalue weighted by Crippen LogP contribution is -2.13. The molecule has 13 rings (SSSR count). The Morgan fingerprint density at radius 2 is 1.16 bits per heavy atom. The molecule has 4 heterocycles. The zero-order chi connectivity index (χ0) is 37.9. The Hall–Kier alpha value is -7.63. The van der Waals surface area contributed by atoms with Crippen molar-refractivity contribution in [2.45, 2.75) is 12.3 Å². The van der Waals surface area contributed by atoms with Crippen molar-refractivity contribution in [1.29, 1.82) is 0 Å². The largest absolute Gasteiger partial charge is 0.455 e. The zero-order valence-electron chi connectivity index (χ0n) is 31.4.